The van der Waals surface area contributed by atoms with Gasteiger partial charge in [0.25, 0.3) is 0 Å². The van der Waals surface area contributed by atoms with Crippen LogP contribution in [-0.4, -0.2) is 62.4 Å². The zero-order chi connectivity index (χ0) is 20.9. The number of carbonyl (C=O) groups is 1. The predicted octanol–water partition coefficient (Wildman–Crippen LogP) is 3.81. The van der Waals surface area contributed by atoms with Gasteiger partial charge in [-0.2, -0.15) is 0 Å². The van der Waals surface area contributed by atoms with E-state index in [-0.39, 0.29) is 30.1 Å². The average Bonchev–Trinajstić information content (AvgIpc) is 2.73. The summed E-state index contributed by atoms with van der Waals surface area (Å²) >= 11 is 0. The lowest BCUT2D eigenvalue weighted by molar-refractivity contribution is 0.0963. The number of nitrogens with zero attached hydrogens (tertiary/aromatic N) is 2. The van der Waals surface area contributed by atoms with E-state index >= 15 is 0 Å². The van der Waals surface area contributed by atoms with E-state index in [0.717, 1.165) is 50.5 Å². The van der Waals surface area contributed by atoms with E-state index in [1.807, 2.05) is 19.1 Å². The van der Waals surface area contributed by atoms with Crippen molar-refractivity contribution >= 4 is 36.0 Å². The Morgan fingerprint density at radius 2 is 2.00 bits per heavy atom. The molecule has 0 aliphatic carbocycles. The Morgan fingerprint density at radius 3 is 2.67 bits per heavy atom. The second-order valence-corrected chi connectivity index (χ2v) is 7.11. The lowest BCUT2D eigenvalue weighted by atomic mass is 10.1. The molecule has 7 nitrogen and oxygen atoms in total. The summed E-state index contributed by atoms with van der Waals surface area (Å²) in [4.78, 5) is 18.3. The lowest BCUT2D eigenvalue weighted by Crippen LogP contribution is -2.50. The number of carbonyl (C=O) groups excluding carboxylic acids is 1. The van der Waals surface area contributed by atoms with Crippen LogP contribution in [0.1, 0.15) is 45.6 Å². The summed E-state index contributed by atoms with van der Waals surface area (Å²) in [7, 11) is 0. The Labute approximate surface area is 198 Å². The number of nitrogens with one attached hydrogen (secondary N) is 2. The maximum atomic E-state index is 11.8. The maximum absolute atomic E-state index is 11.8. The van der Waals surface area contributed by atoms with Gasteiger partial charge >= 0.3 is 6.09 Å². The minimum absolute atomic E-state index is 0. The first kappa shape index (κ1) is 26.3. The highest BCUT2D eigenvalue weighted by molar-refractivity contribution is 14.0. The topological polar surface area (TPSA) is 75.2 Å². The molecular formula is C22H37IN4O3. The van der Waals surface area contributed by atoms with Crippen LogP contribution in [0, 0.1) is 0 Å². The van der Waals surface area contributed by atoms with Gasteiger partial charge in [-0.15, -0.1) is 24.0 Å². The van der Waals surface area contributed by atoms with Crippen LogP contribution in [0.15, 0.2) is 29.3 Å². The van der Waals surface area contributed by atoms with Gasteiger partial charge in [0.15, 0.2) is 5.96 Å². The molecule has 30 heavy (non-hydrogen) atoms. The van der Waals surface area contributed by atoms with Crippen LogP contribution in [0.4, 0.5) is 4.79 Å². The SMILES string of the molecule is CCCOc1cccc(CCN=C(NCC)NC2CCN(C(=O)OCC)CC2)c1.I. The fraction of sp³-hybridized carbons (Fsp3) is 0.636. The van der Waals surface area contributed by atoms with Crippen LogP contribution in [-0.2, 0) is 11.2 Å². The molecule has 170 valence electrons. The summed E-state index contributed by atoms with van der Waals surface area (Å²) < 4.78 is 10.8. The first-order chi connectivity index (χ1) is 14.2. The molecule has 8 heteroatoms. The quantitative estimate of drug-likeness (QED) is 0.288. The number of halogens is 1. The highest BCUT2D eigenvalue weighted by atomic mass is 127. The minimum Gasteiger partial charge on any atom is -0.494 e. The third kappa shape index (κ3) is 9.40. The molecule has 1 aliphatic rings. The Balaban J connectivity index is 0.00000450. The molecule has 0 bridgehead atoms. The second kappa shape index (κ2) is 15.1. The third-order valence-electron chi connectivity index (χ3n) is 4.75. The molecule has 1 heterocycles. The predicted molar refractivity (Wildman–Crippen MR) is 132 cm³/mol. The Kier molecular flexibility index (Phi) is 13.3. The average molecular weight is 532 g/mol. The number of guanidine groups is 1. The Bertz CT molecular complexity index is 649. The van der Waals surface area contributed by atoms with Crippen LogP contribution in [0.25, 0.3) is 0 Å². The van der Waals surface area contributed by atoms with Crippen molar-refractivity contribution in [2.75, 3.05) is 39.4 Å². The van der Waals surface area contributed by atoms with Crippen LogP contribution in [0.2, 0.25) is 0 Å². The summed E-state index contributed by atoms with van der Waals surface area (Å²) in [5, 5.41) is 6.83. The van der Waals surface area contributed by atoms with Gasteiger partial charge in [0.05, 0.1) is 13.2 Å². The van der Waals surface area contributed by atoms with Crippen LogP contribution in [0.3, 0.4) is 0 Å². The number of hydrogen-bond donors (Lipinski definition) is 2. The molecule has 0 spiro atoms. The molecule has 1 aliphatic heterocycles. The van der Waals surface area contributed by atoms with Gasteiger partial charge in [-0.1, -0.05) is 19.1 Å². The molecule has 0 saturated carbocycles. The summed E-state index contributed by atoms with van der Waals surface area (Å²) in [6, 6.07) is 8.54. The molecule has 1 aromatic carbocycles. The summed E-state index contributed by atoms with van der Waals surface area (Å²) in [5.41, 5.74) is 1.22. The molecule has 1 fully saturated rings. The second-order valence-electron chi connectivity index (χ2n) is 7.11. The van der Waals surface area contributed by atoms with E-state index in [1.165, 1.54) is 5.56 Å². The van der Waals surface area contributed by atoms with Crippen molar-refractivity contribution in [1.29, 1.82) is 0 Å². The van der Waals surface area contributed by atoms with Gasteiger partial charge < -0.3 is 25.0 Å². The van der Waals surface area contributed by atoms with Crippen LogP contribution in [0.5, 0.6) is 5.75 Å². The molecule has 2 rings (SSSR count). The number of ether oxygens (including phenoxy) is 2. The fourth-order valence-corrected chi connectivity index (χ4v) is 3.24. The number of hydrogen-bond acceptors (Lipinski definition) is 4. The van der Waals surface area contributed by atoms with E-state index < -0.39 is 0 Å². The number of likely N-dealkylation sites (tertiary alicyclic amines) is 1. The van der Waals surface area contributed by atoms with Crippen molar-refractivity contribution in [2.24, 2.45) is 4.99 Å². The molecule has 1 amide bonds. The summed E-state index contributed by atoms with van der Waals surface area (Å²) in [6.45, 7) is 10.1. The van der Waals surface area contributed by atoms with E-state index in [9.17, 15) is 4.79 Å². The Morgan fingerprint density at radius 1 is 1.23 bits per heavy atom. The van der Waals surface area contributed by atoms with Gasteiger partial charge in [0.2, 0.25) is 0 Å². The number of amides is 1. The first-order valence-electron chi connectivity index (χ1n) is 10.8. The molecule has 0 aromatic heterocycles. The van der Waals surface area contributed by atoms with Crippen LogP contribution >= 0.6 is 24.0 Å². The van der Waals surface area contributed by atoms with Crippen molar-refractivity contribution in [1.82, 2.24) is 15.5 Å². The van der Waals surface area contributed by atoms with Gasteiger partial charge in [-0.25, -0.2) is 4.79 Å². The molecule has 1 aromatic rings. The number of piperidine rings is 1. The van der Waals surface area contributed by atoms with Crippen molar-refractivity contribution in [2.45, 2.75) is 52.5 Å². The fourth-order valence-electron chi connectivity index (χ4n) is 3.24. The van der Waals surface area contributed by atoms with E-state index in [1.54, 1.807) is 4.90 Å². The Hall–Kier alpha value is -1.71. The molecule has 0 unspecified atom stereocenters. The first-order valence-corrected chi connectivity index (χ1v) is 10.8. The highest BCUT2D eigenvalue weighted by Gasteiger charge is 2.23. The molecule has 0 atom stereocenters. The molecule has 1 saturated heterocycles. The van der Waals surface area contributed by atoms with E-state index in [0.29, 0.717) is 32.3 Å². The van der Waals surface area contributed by atoms with Crippen molar-refractivity contribution in [3.05, 3.63) is 29.8 Å². The molecular weight excluding hydrogens is 495 g/mol. The highest BCUT2D eigenvalue weighted by Crippen LogP contribution is 2.14. The largest absolute Gasteiger partial charge is 0.494 e. The molecule has 0 radical (unpaired) electrons. The number of benzene rings is 1. The summed E-state index contributed by atoms with van der Waals surface area (Å²) in [6.07, 6.45) is 3.43. The van der Waals surface area contributed by atoms with Crippen molar-refractivity contribution in [3.63, 3.8) is 0 Å². The van der Waals surface area contributed by atoms with E-state index in [2.05, 4.69) is 36.6 Å². The minimum atomic E-state index is -0.211. The smallest absolute Gasteiger partial charge is 0.409 e. The zero-order valence-corrected chi connectivity index (χ0v) is 20.8. The zero-order valence-electron chi connectivity index (χ0n) is 18.5. The maximum Gasteiger partial charge on any atom is 0.409 e. The van der Waals surface area contributed by atoms with Crippen molar-refractivity contribution in [3.8, 4) is 5.75 Å². The normalized spacial score (nSPS) is 14.6. The number of aliphatic imine (C=N–C) groups is 1. The van der Waals surface area contributed by atoms with Crippen molar-refractivity contribution < 1.29 is 14.3 Å². The summed E-state index contributed by atoms with van der Waals surface area (Å²) in [5.74, 6) is 1.76. The van der Waals surface area contributed by atoms with E-state index in [4.69, 9.17) is 14.5 Å². The molecule has 2 N–H and O–H groups in total. The van der Waals surface area contributed by atoms with Gasteiger partial charge in [-0.3, -0.25) is 4.99 Å². The van der Waals surface area contributed by atoms with Crippen LogP contribution < -0.4 is 15.4 Å². The standard InChI is InChI=1S/C22H36N4O3.HI/c1-4-16-29-20-9-7-8-18(17-20)10-13-24-21(23-5-2)25-19-11-14-26(15-12-19)22(27)28-6-3;/h7-9,17,19H,4-6,10-16H2,1-3H3,(H2,23,24,25);1H. The third-order valence-corrected chi connectivity index (χ3v) is 4.75. The van der Waals surface area contributed by atoms with Gasteiger partial charge in [0, 0.05) is 32.2 Å². The number of rotatable bonds is 9. The van der Waals surface area contributed by atoms with Gasteiger partial charge in [-0.05, 0) is 57.2 Å². The van der Waals surface area contributed by atoms with Gasteiger partial charge in [0.1, 0.15) is 5.75 Å². The lowest BCUT2D eigenvalue weighted by Gasteiger charge is -2.32. The monoisotopic (exact) mass is 532 g/mol.